The Bertz CT molecular complexity index is 758. The van der Waals surface area contributed by atoms with Crippen molar-refractivity contribution in [2.45, 2.75) is 12.8 Å². The van der Waals surface area contributed by atoms with Crippen LogP contribution in [-0.4, -0.2) is 27.0 Å². The van der Waals surface area contributed by atoms with E-state index in [0.29, 0.717) is 0 Å². The highest BCUT2D eigenvalue weighted by molar-refractivity contribution is 6.13. The lowest BCUT2D eigenvalue weighted by molar-refractivity contribution is 0.102. The second-order valence-corrected chi connectivity index (χ2v) is 5.97. The number of carbonyl (C=O) groups excluding carboxylic acids is 1. The number of ketones is 1. The first-order valence-electron chi connectivity index (χ1n) is 7.78. The minimum absolute atomic E-state index is 0.113. The van der Waals surface area contributed by atoms with E-state index >= 15 is 0 Å². The fourth-order valence-electron chi connectivity index (χ4n) is 2.98. The van der Waals surface area contributed by atoms with Crippen LogP contribution in [0.5, 0.6) is 5.75 Å². The lowest BCUT2D eigenvalue weighted by Gasteiger charge is -2.20. The maximum absolute atomic E-state index is 12.7. The first-order chi connectivity index (χ1) is 11.1. The van der Waals surface area contributed by atoms with Gasteiger partial charge in [0.2, 0.25) is 0 Å². The van der Waals surface area contributed by atoms with Crippen LogP contribution in [0.15, 0.2) is 48.0 Å². The number of carbonyl (C=O) groups is 1. The van der Waals surface area contributed by atoms with E-state index in [1.165, 1.54) is 0 Å². The van der Waals surface area contributed by atoms with Gasteiger partial charge in [-0.2, -0.15) is 0 Å². The lowest BCUT2D eigenvalue weighted by atomic mass is 9.85. The van der Waals surface area contributed by atoms with Crippen LogP contribution in [0.1, 0.15) is 27.9 Å². The molecule has 118 valence electrons. The van der Waals surface area contributed by atoms with Gasteiger partial charge in [-0.05, 0) is 42.7 Å². The maximum Gasteiger partial charge on any atom is 0.189 e. The van der Waals surface area contributed by atoms with Crippen LogP contribution in [0.4, 0.5) is 5.69 Å². The molecule has 2 aromatic carbocycles. The molecule has 0 spiro atoms. The highest BCUT2D eigenvalue weighted by Crippen LogP contribution is 2.32. The van der Waals surface area contributed by atoms with Gasteiger partial charge in [0.15, 0.2) is 5.78 Å². The molecule has 0 saturated heterocycles. The van der Waals surface area contributed by atoms with Crippen LogP contribution in [0.3, 0.4) is 0 Å². The third-order valence-electron chi connectivity index (χ3n) is 4.28. The Morgan fingerprint density at radius 1 is 1.04 bits per heavy atom. The average Bonchev–Trinajstić information content (AvgIpc) is 2.57. The number of fused-ring (bicyclic) bond motifs is 1. The second-order valence-electron chi connectivity index (χ2n) is 5.97. The van der Waals surface area contributed by atoms with E-state index in [9.17, 15) is 4.79 Å². The highest BCUT2D eigenvalue weighted by atomic mass is 16.5. The molecule has 3 nitrogen and oxygen atoms in total. The van der Waals surface area contributed by atoms with Crippen molar-refractivity contribution >= 4 is 17.5 Å². The number of benzene rings is 2. The summed E-state index contributed by atoms with van der Waals surface area (Å²) < 4.78 is 5.37. The van der Waals surface area contributed by atoms with Crippen LogP contribution in [0, 0.1) is 0 Å². The molecule has 0 fully saturated rings. The van der Waals surface area contributed by atoms with Crippen molar-refractivity contribution in [2.75, 3.05) is 26.1 Å². The van der Waals surface area contributed by atoms with E-state index < -0.39 is 0 Å². The summed E-state index contributed by atoms with van der Waals surface area (Å²) in [6.07, 6.45) is 3.60. The van der Waals surface area contributed by atoms with Gasteiger partial charge in [0, 0.05) is 36.5 Å². The first kappa shape index (κ1) is 15.3. The number of rotatable bonds is 3. The number of allylic oxidation sites excluding steroid dienone is 1. The van der Waals surface area contributed by atoms with Crippen molar-refractivity contribution in [3.8, 4) is 5.75 Å². The SMILES string of the molecule is COc1cccc2c1CCC(=Cc1ccc(N(C)C)cc1)C2=O. The highest BCUT2D eigenvalue weighted by Gasteiger charge is 2.24. The third-order valence-corrected chi connectivity index (χ3v) is 4.28. The molecule has 0 N–H and O–H groups in total. The zero-order valence-electron chi connectivity index (χ0n) is 13.8. The van der Waals surface area contributed by atoms with Crippen molar-refractivity contribution < 1.29 is 9.53 Å². The van der Waals surface area contributed by atoms with Crippen LogP contribution in [-0.2, 0) is 6.42 Å². The summed E-state index contributed by atoms with van der Waals surface area (Å²) in [7, 11) is 5.68. The fraction of sp³-hybridized carbons (Fsp3) is 0.250. The molecule has 23 heavy (non-hydrogen) atoms. The van der Waals surface area contributed by atoms with E-state index in [4.69, 9.17) is 4.74 Å². The van der Waals surface area contributed by atoms with Gasteiger partial charge in [0.1, 0.15) is 5.75 Å². The van der Waals surface area contributed by atoms with E-state index in [1.54, 1.807) is 7.11 Å². The molecule has 0 saturated carbocycles. The number of ether oxygens (including phenoxy) is 1. The zero-order valence-corrected chi connectivity index (χ0v) is 13.8. The molecule has 0 aromatic heterocycles. The summed E-state index contributed by atoms with van der Waals surface area (Å²) in [5, 5.41) is 0. The van der Waals surface area contributed by atoms with Crippen molar-refractivity contribution in [2.24, 2.45) is 0 Å². The molecule has 1 aliphatic carbocycles. The quantitative estimate of drug-likeness (QED) is 0.804. The van der Waals surface area contributed by atoms with Gasteiger partial charge in [-0.25, -0.2) is 0 Å². The standard InChI is InChI=1S/C20H21NO2/c1-21(2)16-10-7-14(8-11-16)13-15-9-12-17-18(20(15)22)5-4-6-19(17)23-3/h4-8,10-11,13H,9,12H2,1-3H3. The van der Waals surface area contributed by atoms with Crippen LogP contribution < -0.4 is 9.64 Å². The van der Waals surface area contributed by atoms with Gasteiger partial charge in [-0.1, -0.05) is 24.3 Å². The van der Waals surface area contributed by atoms with Gasteiger partial charge in [-0.15, -0.1) is 0 Å². The Labute approximate surface area is 137 Å². The summed E-state index contributed by atoms with van der Waals surface area (Å²) in [4.78, 5) is 14.8. The molecule has 0 heterocycles. The molecule has 0 amide bonds. The van der Waals surface area contributed by atoms with Crippen molar-refractivity contribution in [3.63, 3.8) is 0 Å². The maximum atomic E-state index is 12.7. The van der Waals surface area contributed by atoms with Gasteiger partial charge in [0.25, 0.3) is 0 Å². The summed E-state index contributed by atoms with van der Waals surface area (Å²) >= 11 is 0. The Morgan fingerprint density at radius 2 is 1.78 bits per heavy atom. The number of hydrogen-bond acceptors (Lipinski definition) is 3. The molecular weight excluding hydrogens is 286 g/mol. The number of Topliss-reactive ketones (excluding diaryl/α,β-unsaturated/α-hetero) is 1. The average molecular weight is 307 g/mol. The zero-order chi connectivity index (χ0) is 16.4. The van der Waals surface area contributed by atoms with E-state index in [1.807, 2.05) is 38.4 Å². The number of anilines is 1. The van der Waals surface area contributed by atoms with Gasteiger partial charge < -0.3 is 9.64 Å². The minimum Gasteiger partial charge on any atom is -0.496 e. The van der Waals surface area contributed by atoms with Crippen LogP contribution in [0.25, 0.3) is 6.08 Å². The molecule has 1 aliphatic rings. The molecule has 2 aromatic rings. The predicted molar refractivity (Wildman–Crippen MR) is 94.4 cm³/mol. The molecule has 0 radical (unpaired) electrons. The van der Waals surface area contributed by atoms with E-state index in [-0.39, 0.29) is 5.78 Å². The molecule has 3 heteroatoms. The molecular formula is C20H21NO2. The molecule has 0 bridgehead atoms. The smallest absolute Gasteiger partial charge is 0.189 e. The van der Waals surface area contributed by atoms with E-state index in [2.05, 4.69) is 29.2 Å². The molecule has 3 rings (SSSR count). The normalized spacial score (nSPS) is 15.4. The van der Waals surface area contributed by atoms with Crippen LogP contribution in [0.2, 0.25) is 0 Å². The van der Waals surface area contributed by atoms with Crippen molar-refractivity contribution in [1.82, 2.24) is 0 Å². The number of nitrogens with zero attached hydrogens (tertiary/aromatic N) is 1. The summed E-state index contributed by atoms with van der Waals surface area (Å²) in [6, 6.07) is 13.9. The van der Waals surface area contributed by atoms with Crippen molar-refractivity contribution in [3.05, 3.63) is 64.7 Å². The summed E-state index contributed by atoms with van der Waals surface area (Å²) in [5.74, 6) is 0.923. The van der Waals surface area contributed by atoms with Gasteiger partial charge in [-0.3, -0.25) is 4.79 Å². The largest absolute Gasteiger partial charge is 0.496 e. The monoisotopic (exact) mass is 307 g/mol. The lowest BCUT2D eigenvalue weighted by Crippen LogP contribution is -2.15. The molecule has 0 atom stereocenters. The number of methoxy groups -OCH3 is 1. The molecule has 0 aliphatic heterocycles. The van der Waals surface area contributed by atoms with Gasteiger partial charge in [0.05, 0.1) is 7.11 Å². The third kappa shape index (κ3) is 3.00. The predicted octanol–water partition coefficient (Wildman–Crippen LogP) is 3.97. The minimum atomic E-state index is 0.113. The van der Waals surface area contributed by atoms with Crippen LogP contribution >= 0.6 is 0 Å². The van der Waals surface area contributed by atoms with Crippen molar-refractivity contribution in [1.29, 1.82) is 0 Å². The Hall–Kier alpha value is -2.55. The van der Waals surface area contributed by atoms with Gasteiger partial charge >= 0.3 is 0 Å². The first-order valence-corrected chi connectivity index (χ1v) is 7.78. The Morgan fingerprint density at radius 3 is 2.43 bits per heavy atom. The summed E-state index contributed by atoms with van der Waals surface area (Å²) in [6.45, 7) is 0. The molecule has 0 unspecified atom stereocenters. The second kappa shape index (κ2) is 6.29. The number of hydrogen-bond donors (Lipinski definition) is 0. The Balaban J connectivity index is 1.91. The topological polar surface area (TPSA) is 29.5 Å². The summed E-state index contributed by atoms with van der Waals surface area (Å²) in [5.41, 5.74) is 4.87. The van der Waals surface area contributed by atoms with E-state index in [0.717, 1.165) is 46.5 Å². The fourth-order valence-corrected chi connectivity index (χ4v) is 2.98. The Kier molecular flexibility index (Phi) is 4.20.